The number of fused-ring (bicyclic) bond motifs is 6. The van der Waals surface area contributed by atoms with E-state index in [-0.39, 0.29) is 62.7 Å². The summed E-state index contributed by atoms with van der Waals surface area (Å²) in [6.07, 6.45) is 3.75. The Bertz CT molecular complexity index is 2740. The average Bonchev–Trinajstić information content (AvgIpc) is 4.04. The van der Waals surface area contributed by atoms with E-state index in [1.54, 1.807) is 17.0 Å². The van der Waals surface area contributed by atoms with Crippen molar-refractivity contribution in [2.75, 3.05) is 39.3 Å². The summed E-state index contributed by atoms with van der Waals surface area (Å²) >= 11 is 0. The summed E-state index contributed by atoms with van der Waals surface area (Å²) in [5.41, 5.74) is 9.10. The lowest BCUT2D eigenvalue weighted by Gasteiger charge is -2.45. The SMILES string of the molecule is CCn1c(-c2cccnc2C(C)C)c2c3cc(ccc31)-c1cc(O)cc(c1)C[C@H](NC(=O)[C@H](C(C)C)N1CCC3(CN(S(=O)(=O)[C@@H]4CN4)C3)C1=O)C(=O)N1CCC[C@H](N1)C(=O)OCC(C)(C)C2. The predicted molar refractivity (Wildman–Crippen MR) is 254 cm³/mol. The van der Waals surface area contributed by atoms with Crippen LogP contribution in [0.2, 0.25) is 0 Å². The van der Waals surface area contributed by atoms with E-state index in [4.69, 9.17) is 9.72 Å². The van der Waals surface area contributed by atoms with E-state index in [1.807, 2.05) is 38.2 Å². The number of nitrogens with one attached hydrogen (secondary N) is 3. The molecule has 358 valence electrons. The molecule has 4 N–H and O–H groups in total. The molecule has 4 saturated heterocycles. The van der Waals surface area contributed by atoms with Gasteiger partial charge in [0.2, 0.25) is 21.8 Å². The minimum atomic E-state index is -3.55. The Balaban J connectivity index is 1.09. The van der Waals surface area contributed by atoms with E-state index < -0.39 is 62.1 Å². The van der Waals surface area contributed by atoms with Gasteiger partial charge in [-0.2, -0.15) is 4.31 Å². The molecular formula is C50H64N8O8S. The molecule has 5 aliphatic heterocycles. The minimum absolute atomic E-state index is 0.00872. The van der Waals surface area contributed by atoms with Gasteiger partial charge in [0, 0.05) is 73.8 Å². The second-order valence-corrected chi connectivity index (χ2v) is 22.9. The van der Waals surface area contributed by atoms with Crippen molar-refractivity contribution in [1.29, 1.82) is 0 Å². The van der Waals surface area contributed by atoms with Crippen molar-refractivity contribution in [1.82, 2.24) is 39.8 Å². The molecule has 67 heavy (non-hydrogen) atoms. The second kappa shape index (κ2) is 17.6. The van der Waals surface area contributed by atoms with Crippen LogP contribution < -0.4 is 16.1 Å². The summed E-state index contributed by atoms with van der Waals surface area (Å²) in [5, 5.41) is 19.0. The summed E-state index contributed by atoms with van der Waals surface area (Å²) in [5.74, 6) is -1.95. The molecule has 0 radical (unpaired) electrons. The number of hydrazine groups is 1. The highest BCUT2D eigenvalue weighted by Gasteiger charge is 2.61. The fourth-order valence-electron chi connectivity index (χ4n) is 10.8. The number of likely N-dealkylation sites (tertiary alicyclic amines) is 1. The van der Waals surface area contributed by atoms with Gasteiger partial charge in [-0.3, -0.25) is 34.5 Å². The predicted octanol–water partition coefficient (Wildman–Crippen LogP) is 4.69. The molecule has 7 heterocycles. The van der Waals surface area contributed by atoms with Crippen LogP contribution in [-0.4, -0.2) is 124 Å². The van der Waals surface area contributed by atoms with Crippen molar-refractivity contribution in [3.05, 3.63) is 71.5 Å². The van der Waals surface area contributed by atoms with Crippen LogP contribution in [0.25, 0.3) is 33.3 Å². The van der Waals surface area contributed by atoms with Crippen LogP contribution in [0.3, 0.4) is 0 Å². The van der Waals surface area contributed by atoms with Crippen LogP contribution in [0.1, 0.15) is 90.5 Å². The van der Waals surface area contributed by atoms with Crippen molar-refractivity contribution < 1.29 is 37.4 Å². The number of sulfonamides is 1. The number of carbonyl (C=O) groups excluding carboxylic acids is 4. The first-order valence-electron chi connectivity index (χ1n) is 23.8. The quantitative estimate of drug-likeness (QED) is 0.134. The lowest BCUT2D eigenvalue weighted by molar-refractivity contribution is -0.155. The number of ether oxygens (including phenoxy) is 1. The van der Waals surface area contributed by atoms with Gasteiger partial charge in [-0.15, -0.1) is 0 Å². The molecular weight excluding hydrogens is 873 g/mol. The number of rotatable bonds is 9. The van der Waals surface area contributed by atoms with Crippen LogP contribution in [0.4, 0.5) is 0 Å². The van der Waals surface area contributed by atoms with Gasteiger partial charge < -0.3 is 24.6 Å². The maximum atomic E-state index is 14.8. The Hall–Kier alpha value is -5.36. The molecule has 3 amide bonds. The van der Waals surface area contributed by atoms with Gasteiger partial charge in [0.25, 0.3) is 5.91 Å². The molecule has 9 rings (SSSR count). The van der Waals surface area contributed by atoms with Crippen LogP contribution in [0, 0.1) is 16.7 Å². The van der Waals surface area contributed by atoms with Crippen molar-refractivity contribution in [2.24, 2.45) is 16.7 Å². The highest BCUT2D eigenvalue weighted by molar-refractivity contribution is 7.90. The third kappa shape index (κ3) is 8.72. The molecule has 5 aliphatic rings. The van der Waals surface area contributed by atoms with Gasteiger partial charge in [-0.25, -0.2) is 13.8 Å². The van der Waals surface area contributed by atoms with Crippen molar-refractivity contribution >= 4 is 44.6 Å². The number of esters is 1. The van der Waals surface area contributed by atoms with E-state index >= 15 is 0 Å². The fraction of sp³-hybridized carbons (Fsp3) is 0.540. The van der Waals surface area contributed by atoms with Crippen LogP contribution >= 0.6 is 0 Å². The van der Waals surface area contributed by atoms with Crippen LogP contribution in [-0.2, 0) is 53.3 Å². The number of hydrogen-bond acceptors (Lipinski definition) is 11. The number of carbonyl (C=O) groups is 4. The molecule has 0 aliphatic carbocycles. The molecule has 16 nitrogen and oxygen atoms in total. The smallest absolute Gasteiger partial charge is 0.324 e. The maximum Gasteiger partial charge on any atom is 0.324 e. The largest absolute Gasteiger partial charge is 0.508 e. The first-order valence-corrected chi connectivity index (χ1v) is 25.3. The number of hydrogen-bond donors (Lipinski definition) is 4. The molecule has 2 aromatic heterocycles. The van der Waals surface area contributed by atoms with Gasteiger partial charge in [-0.05, 0) is 103 Å². The highest BCUT2D eigenvalue weighted by Crippen LogP contribution is 2.45. The monoisotopic (exact) mass is 936 g/mol. The Morgan fingerprint density at radius 1 is 1.03 bits per heavy atom. The third-order valence-corrected chi connectivity index (χ3v) is 16.3. The Kier molecular flexibility index (Phi) is 12.3. The lowest BCUT2D eigenvalue weighted by atomic mass is 9.80. The second-order valence-electron chi connectivity index (χ2n) is 20.7. The van der Waals surface area contributed by atoms with Gasteiger partial charge in [-0.1, -0.05) is 53.7 Å². The van der Waals surface area contributed by atoms with Crippen LogP contribution in [0.15, 0.2) is 54.7 Å². The van der Waals surface area contributed by atoms with Crippen molar-refractivity contribution in [3.63, 3.8) is 0 Å². The number of phenols is 1. The summed E-state index contributed by atoms with van der Waals surface area (Å²) in [6.45, 7) is 16.2. The molecule has 4 fully saturated rings. The minimum Gasteiger partial charge on any atom is -0.508 e. The molecule has 1 spiro atoms. The number of phenolic OH excluding ortho intramolecular Hbond substituents is 1. The maximum absolute atomic E-state index is 14.8. The normalized spacial score (nSPS) is 23.7. The van der Waals surface area contributed by atoms with Gasteiger partial charge in [0.1, 0.15) is 29.2 Å². The van der Waals surface area contributed by atoms with E-state index in [0.29, 0.717) is 44.3 Å². The first-order chi connectivity index (χ1) is 31.8. The Morgan fingerprint density at radius 2 is 1.79 bits per heavy atom. The highest BCUT2D eigenvalue weighted by atomic mass is 32.2. The van der Waals surface area contributed by atoms with E-state index in [2.05, 4.69) is 73.4 Å². The molecule has 17 heteroatoms. The molecule has 2 aromatic carbocycles. The fourth-order valence-corrected chi connectivity index (χ4v) is 12.5. The lowest BCUT2D eigenvalue weighted by Crippen LogP contribution is -2.64. The Morgan fingerprint density at radius 3 is 2.49 bits per heavy atom. The van der Waals surface area contributed by atoms with E-state index in [1.165, 1.54) is 9.31 Å². The summed E-state index contributed by atoms with van der Waals surface area (Å²) < 4.78 is 35.6. The van der Waals surface area contributed by atoms with Crippen molar-refractivity contribution in [3.8, 4) is 28.1 Å². The number of aryl methyl sites for hydroxylation is 1. The number of cyclic esters (lactones) is 1. The molecule has 0 saturated carbocycles. The zero-order valence-corrected chi connectivity index (χ0v) is 40.4. The number of aromatic hydroxyl groups is 1. The van der Waals surface area contributed by atoms with E-state index in [9.17, 15) is 32.7 Å². The number of nitrogens with zero attached hydrogens (tertiary/aromatic N) is 5. The number of benzene rings is 2. The number of aromatic nitrogens is 2. The average molecular weight is 937 g/mol. The Labute approximate surface area is 392 Å². The third-order valence-electron chi connectivity index (χ3n) is 14.3. The van der Waals surface area contributed by atoms with Crippen molar-refractivity contribution in [2.45, 2.75) is 117 Å². The molecule has 6 bridgehead atoms. The standard InChI is InChI=1S/C50H64N8O8S/c1-8-56-40-14-13-32-23-36(40)37(44(56)35-11-9-16-51-42(35)29(2)3)24-49(6,7)28-66-47(62)38-12-10-17-58(54-38)46(61)39(21-31-19-33(32)22-34(59)20-31)53-45(60)43(30(4)5)57-18-15-50(48(57)63)26-55(27-50)67(64,65)41-25-52-41/h9,11,13-14,16,19-20,22-23,29-30,38-39,41,43,52,54,59H,8,10,12,15,17-18,21,24-28H2,1-7H3,(H,53,60)/t38-,39-,41+,43-/m0/s1. The van der Waals surface area contributed by atoms with E-state index in [0.717, 1.165) is 44.5 Å². The first kappa shape index (κ1) is 46.7. The van der Waals surface area contributed by atoms with Gasteiger partial charge in [0.15, 0.2) is 0 Å². The molecule has 0 unspecified atom stereocenters. The van der Waals surface area contributed by atoms with Crippen LogP contribution in [0.5, 0.6) is 5.75 Å². The zero-order chi connectivity index (χ0) is 47.7. The zero-order valence-electron chi connectivity index (χ0n) is 39.6. The number of pyridine rings is 1. The molecule has 4 atom stereocenters. The molecule has 4 aromatic rings. The summed E-state index contributed by atoms with van der Waals surface area (Å²) in [7, 11) is -3.55. The van der Waals surface area contributed by atoms with Gasteiger partial charge in [0.05, 0.1) is 23.4 Å². The number of amides is 3. The van der Waals surface area contributed by atoms with Gasteiger partial charge >= 0.3 is 5.97 Å². The summed E-state index contributed by atoms with van der Waals surface area (Å²) in [4.78, 5) is 63.9. The topological polar surface area (TPSA) is 205 Å². The summed E-state index contributed by atoms with van der Waals surface area (Å²) in [6, 6.07) is 12.7.